The van der Waals surface area contributed by atoms with E-state index in [9.17, 15) is 29.3 Å². The molecule has 0 unspecified atom stereocenters. The van der Waals surface area contributed by atoms with Crippen LogP contribution in [-0.2, 0) is 23.9 Å². The van der Waals surface area contributed by atoms with E-state index in [1.165, 1.54) is 24.3 Å². The first-order valence-electron chi connectivity index (χ1n) is 9.02. The van der Waals surface area contributed by atoms with Crippen LogP contribution in [0.2, 0.25) is 0 Å². The molecule has 1 aromatic rings. The van der Waals surface area contributed by atoms with E-state index in [1.807, 2.05) is 0 Å². The lowest BCUT2D eigenvalue weighted by Crippen LogP contribution is -2.53. The Kier molecular flexibility index (Phi) is 7.23. The van der Waals surface area contributed by atoms with Crippen molar-refractivity contribution in [3.8, 4) is 0 Å². The van der Waals surface area contributed by atoms with Crippen molar-refractivity contribution in [1.29, 1.82) is 0 Å². The number of nitrogens with one attached hydrogen (secondary N) is 2. The molecule has 2 rings (SSSR count). The Morgan fingerprint density at radius 2 is 2.00 bits per heavy atom. The molecular formula is C18H22N4O7. The highest BCUT2D eigenvalue weighted by Gasteiger charge is 2.35. The number of carbonyl (C=O) groups is 4. The van der Waals surface area contributed by atoms with Crippen molar-refractivity contribution in [3.63, 3.8) is 0 Å². The molecule has 0 bridgehead atoms. The molecule has 29 heavy (non-hydrogen) atoms. The molecule has 3 amide bonds. The summed E-state index contributed by atoms with van der Waals surface area (Å²) >= 11 is 0. The van der Waals surface area contributed by atoms with Gasteiger partial charge in [0.25, 0.3) is 5.69 Å². The predicted molar refractivity (Wildman–Crippen MR) is 99.4 cm³/mol. The third kappa shape index (κ3) is 5.74. The first kappa shape index (κ1) is 21.8. The normalized spacial score (nSPS) is 17.7. The summed E-state index contributed by atoms with van der Waals surface area (Å²) in [5.41, 5.74) is 5.70. The molecule has 11 heteroatoms. The van der Waals surface area contributed by atoms with Crippen molar-refractivity contribution in [3.05, 3.63) is 39.9 Å². The zero-order valence-corrected chi connectivity index (χ0v) is 15.8. The Labute approximate surface area is 166 Å². The van der Waals surface area contributed by atoms with Crippen molar-refractivity contribution in [2.75, 3.05) is 6.61 Å². The van der Waals surface area contributed by atoms with E-state index in [0.717, 1.165) is 0 Å². The molecule has 1 aromatic carbocycles. The maximum absolute atomic E-state index is 12.5. The van der Waals surface area contributed by atoms with Crippen molar-refractivity contribution in [1.82, 2.24) is 10.6 Å². The van der Waals surface area contributed by atoms with Gasteiger partial charge < -0.3 is 21.1 Å². The summed E-state index contributed by atoms with van der Waals surface area (Å²) in [5.74, 6) is -3.30. The van der Waals surface area contributed by atoms with Crippen LogP contribution in [0, 0.1) is 10.1 Å². The van der Waals surface area contributed by atoms with Gasteiger partial charge in [-0.15, -0.1) is 0 Å². The maximum Gasteiger partial charge on any atom is 0.306 e. The van der Waals surface area contributed by atoms with Crippen LogP contribution in [0.15, 0.2) is 24.3 Å². The predicted octanol–water partition coefficient (Wildman–Crippen LogP) is -0.120. The van der Waals surface area contributed by atoms with Gasteiger partial charge in [0.2, 0.25) is 17.7 Å². The van der Waals surface area contributed by atoms with Crippen molar-refractivity contribution < 1.29 is 28.8 Å². The van der Waals surface area contributed by atoms with E-state index in [2.05, 4.69) is 10.6 Å². The summed E-state index contributed by atoms with van der Waals surface area (Å²) in [7, 11) is 0. The van der Waals surface area contributed by atoms with Gasteiger partial charge in [0.05, 0.1) is 18.0 Å². The molecular weight excluding hydrogens is 384 g/mol. The molecule has 3 atom stereocenters. The topological polar surface area (TPSA) is 171 Å². The second kappa shape index (κ2) is 9.62. The Balaban J connectivity index is 2.30. The summed E-state index contributed by atoms with van der Waals surface area (Å²) in [6, 6.07) is 3.15. The van der Waals surface area contributed by atoms with Crippen LogP contribution in [-0.4, -0.2) is 47.3 Å². The Morgan fingerprint density at radius 3 is 2.48 bits per heavy atom. The summed E-state index contributed by atoms with van der Waals surface area (Å²) in [6.45, 7) is 1.74. The highest BCUT2D eigenvalue weighted by atomic mass is 16.6. The zero-order valence-electron chi connectivity index (χ0n) is 15.8. The molecule has 1 aliphatic rings. The number of esters is 1. The van der Waals surface area contributed by atoms with Crippen LogP contribution in [0.25, 0.3) is 0 Å². The third-order valence-corrected chi connectivity index (χ3v) is 4.54. The number of rotatable bonds is 9. The number of benzene rings is 1. The van der Waals surface area contributed by atoms with Crippen LogP contribution in [0.5, 0.6) is 0 Å². The minimum atomic E-state index is -1.29. The molecule has 1 saturated heterocycles. The molecule has 11 nitrogen and oxygen atoms in total. The molecule has 0 saturated carbocycles. The van der Waals surface area contributed by atoms with E-state index < -0.39 is 40.7 Å². The number of nitrogens with two attached hydrogens (primary N) is 1. The first-order chi connectivity index (χ1) is 13.7. The monoisotopic (exact) mass is 406 g/mol. The van der Waals surface area contributed by atoms with Crippen LogP contribution in [0.4, 0.5) is 5.69 Å². The van der Waals surface area contributed by atoms with Gasteiger partial charge >= 0.3 is 5.97 Å². The molecule has 156 valence electrons. The number of carbonyl (C=O) groups excluding carboxylic acids is 4. The highest BCUT2D eigenvalue weighted by Crippen LogP contribution is 2.27. The number of nitro benzene ring substituents is 1. The SMILES string of the molecule is CCOC(=O)C[C@H](c1ccc([N+](=O)[O-])cc1)[C@@H](NC(=O)[C@H]1CCC(=O)N1)C(N)=O. The molecule has 0 radical (unpaired) electrons. The lowest BCUT2D eigenvalue weighted by Gasteiger charge is -2.26. The van der Waals surface area contributed by atoms with Gasteiger partial charge in [-0.1, -0.05) is 12.1 Å². The molecule has 0 aliphatic carbocycles. The summed E-state index contributed by atoms with van der Waals surface area (Å²) in [4.78, 5) is 58.2. The average molecular weight is 406 g/mol. The fourth-order valence-electron chi connectivity index (χ4n) is 3.11. The lowest BCUT2D eigenvalue weighted by atomic mass is 9.87. The fourth-order valence-corrected chi connectivity index (χ4v) is 3.11. The molecule has 4 N–H and O–H groups in total. The van der Waals surface area contributed by atoms with Gasteiger partial charge in [-0.2, -0.15) is 0 Å². The van der Waals surface area contributed by atoms with Gasteiger partial charge in [0.15, 0.2) is 0 Å². The molecule has 0 spiro atoms. The van der Waals surface area contributed by atoms with Crippen LogP contribution >= 0.6 is 0 Å². The van der Waals surface area contributed by atoms with Gasteiger partial charge in [-0.05, 0) is 18.9 Å². The third-order valence-electron chi connectivity index (χ3n) is 4.54. The highest BCUT2D eigenvalue weighted by molar-refractivity contribution is 5.94. The number of hydrogen-bond acceptors (Lipinski definition) is 7. The van der Waals surface area contributed by atoms with E-state index >= 15 is 0 Å². The Hall–Kier alpha value is -3.50. The quantitative estimate of drug-likeness (QED) is 0.291. The van der Waals surface area contributed by atoms with Crippen LogP contribution in [0.3, 0.4) is 0 Å². The van der Waals surface area contributed by atoms with Gasteiger partial charge in [-0.25, -0.2) is 0 Å². The Morgan fingerprint density at radius 1 is 1.34 bits per heavy atom. The largest absolute Gasteiger partial charge is 0.466 e. The maximum atomic E-state index is 12.5. The van der Waals surface area contributed by atoms with E-state index in [-0.39, 0.29) is 37.5 Å². The number of primary amides is 1. The fraction of sp³-hybridized carbons (Fsp3) is 0.444. The van der Waals surface area contributed by atoms with Crippen molar-refractivity contribution in [2.24, 2.45) is 5.73 Å². The number of ether oxygens (including phenoxy) is 1. The summed E-state index contributed by atoms with van der Waals surface area (Å²) < 4.78 is 4.94. The second-order valence-electron chi connectivity index (χ2n) is 6.51. The Bertz CT molecular complexity index is 809. The summed E-state index contributed by atoms with van der Waals surface area (Å²) in [6.07, 6.45) is 0.181. The standard InChI is InChI=1S/C18H22N4O7/c1-2-29-15(24)9-12(10-3-5-11(6-4-10)22(27)28)16(17(19)25)21-18(26)13-7-8-14(23)20-13/h3-6,12-13,16H,2,7-9H2,1H3,(H2,19,25)(H,20,23)(H,21,26)/t12-,13-,16-/m1/s1. The van der Waals surface area contributed by atoms with Crippen LogP contribution in [0.1, 0.15) is 37.7 Å². The molecule has 1 aliphatic heterocycles. The van der Waals surface area contributed by atoms with E-state index in [4.69, 9.17) is 10.5 Å². The number of hydrogen-bond donors (Lipinski definition) is 3. The van der Waals surface area contributed by atoms with Crippen LogP contribution < -0.4 is 16.4 Å². The minimum Gasteiger partial charge on any atom is -0.466 e. The van der Waals surface area contributed by atoms with Crippen molar-refractivity contribution >= 4 is 29.4 Å². The van der Waals surface area contributed by atoms with E-state index in [0.29, 0.717) is 5.56 Å². The first-order valence-corrected chi connectivity index (χ1v) is 9.02. The zero-order chi connectivity index (χ0) is 21.6. The minimum absolute atomic E-state index is 0.119. The van der Waals surface area contributed by atoms with Gasteiger partial charge in [0, 0.05) is 24.5 Å². The number of nitro groups is 1. The van der Waals surface area contributed by atoms with Crippen molar-refractivity contribution in [2.45, 2.75) is 44.2 Å². The molecule has 1 heterocycles. The smallest absolute Gasteiger partial charge is 0.306 e. The second-order valence-corrected chi connectivity index (χ2v) is 6.51. The van der Waals surface area contributed by atoms with E-state index in [1.54, 1.807) is 6.92 Å². The van der Waals surface area contributed by atoms with Gasteiger partial charge in [0.1, 0.15) is 12.1 Å². The number of non-ortho nitro benzene ring substituents is 1. The lowest BCUT2D eigenvalue weighted by molar-refractivity contribution is -0.384. The summed E-state index contributed by atoms with van der Waals surface area (Å²) in [5, 5.41) is 15.9. The molecule has 0 aromatic heterocycles. The number of amides is 3. The van der Waals surface area contributed by atoms with Gasteiger partial charge in [-0.3, -0.25) is 29.3 Å². The average Bonchev–Trinajstić information content (AvgIpc) is 3.11. The number of nitrogens with zero attached hydrogens (tertiary/aromatic N) is 1. The molecule has 1 fully saturated rings.